The van der Waals surface area contributed by atoms with Crippen molar-refractivity contribution in [2.45, 2.75) is 44.4 Å². The second kappa shape index (κ2) is 7.69. The predicted molar refractivity (Wildman–Crippen MR) is 116 cm³/mol. The number of piperidine rings is 1. The van der Waals surface area contributed by atoms with Crippen LogP contribution < -0.4 is 0 Å². The molecule has 2 atom stereocenters. The molecule has 1 aliphatic carbocycles. The van der Waals surface area contributed by atoms with Gasteiger partial charge in [-0.25, -0.2) is 4.98 Å². The van der Waals surface area contributed by atoms with E-state index in [9.17, 15) is 10.2 Å². The van der Waals surface area contributed by atoms with E-state index in [-0.39, 0.29) is 0 Å². The van der Waals surface area contributed by atoms with E-state index in [0.29, 0.717) is 24.5 Å². The van der Waals surface area contributed by atoms with Crippen molar-refractivity contribution in [1.82, 2.24) is 9.88 Å². The highest BCUT2D eigenvalue weighted by molar-refractivity contribution is 6.30. The third kappa shape index (κ3) is 3.78. The maximum absolute atomic E-state index is 10.1. The van der Waals surface area contributed by atoms with Gasteiger partial charge in [0.25, 0.3) is 0 Å². The molecule has 4 nitrogen and oxygen atoms in total. The summed E-state index contributed by atoms with van der Waals surface area (Å²) in [5, 5.41) is 21.8. The van der Waals surface area contributed by atoms with Crippen molar-refractivity contribution >= 4 is 22.5 Å². The van der Waals surface area contributed by atoms with Gasteiger partial charge in [0.1, 0.15) is 0 Å². The van der Waals surface area contributed by atoms with Gasteiger partial charge in [-0.05, 0) is 72.7 Å². The quantitative estimate of drug-likeness (QED) is 0.688. The molecule has 1 saturated heterocycles. The number of β-amino-alcohol motifs (C(OH)–C–C–N with tert-alkyl or cyclic N) is 1. The Bertz CT molecular complexity index is 1050. The van der Waals surface area contributed by atoms with Crippen molar-refractivity contribution in [3.05, 3.63) is 64.2 Å². The van der Waals surface area contributed by atoms with Gasteiger partial charge in [-0.3, -0.25) is 4.90 Å². The molecule has 150 valence electrons. The van der Waals surface area contributed by atoms with Crippen LogP contribution in [-0.2, 0) is 19.4 Å². The largest absolute Gasteiger partial charge is 0.390 e. The number of aliphatic hydroxyl groups is 2. The van der Waals surface area contributed by atoms with Crippen molar-refractivity contribution in [1.29, 1.82) is 0 Å². The number of aromatic nitrogens is 1. The molecular formula is C24H25ClN2O2. The summed E-state index contributed by atoms with van der Waals surface area (Å²) in [5.41, 5.74) is 7.06. The van der Waals surface area contributed by atoms with E-state index in [1.807, 2.05) is 24.3 Å². The predicted octanol–water partition coefficient (Wildman–Crippen LogP) is 3.97. The minimum Gasteiger partial charge on any atom is -0.390 e. The molecule has 1 aliphatic heterocycles. The van der Waals surface area contributed by atoms with Crippen molar-refractivity contribution in [2.75, 3.05) is 13.1 Å². The zero-order valence-electron chi connectivity index (χ0n) is 16.3. The molecule has 0 saturated carbocycles. The van der Waals surface area contributed by atoms with Gasteiger partial charge in [-0.2, -0.15) is 0 Å². The number of rotatable bonds is 3. The first kappa shape index (κ1) is 19.0. The number of hydrogen-bond donors (Lipinski definition) is 2. The van der Waals surface area contributed by atoms with Gasteiger partial charge in [0, 0.05) is 35.6 Å². The third-order valence-electron chi connectivity index (χ3n) is 6.25. The van der Waals surface area contributed by atoms with Crippen molar-refractivity contribution < 1.29 is 10.2 Å². The van der Waals surface area contributed by atoms with Crippen LogP contribution in [0.25, 0.3) is 22.2 Å². The van der Waals surface area contributed by atoms with E-state index in [4.69, 9.17) is 16.6 Å². The average Bonchev–Trinajstić information content (AvgIpc) is 3.16. The van der Waals surface area contributed by atoms with Crippen molar-refractivity contribution in [3.63, 3.8) is 0 Å². The molecule has 2 aliphatic rings. The second-order valence-corrected chi connectivity index (χ2v) is 8.77. The molecule has 3 aromatic rings. The normalized spacial score (nSPS) is 22.2. The van der Waals surface area contributed by atoms with Crippen LogP contribution in [-0.4, -0.2) is 45.4 Å². The van der Waals surface area contributed by atoms with Gasteiger partial charge in [-0.15, -0.1) is 0 Å². The molecule has 0 spiro atoms. The van der Waals surface area contributed by atoms with Gasteiger partial charge in [0.2, 0.25) is 0 Å². The first-order valence-electron chi connectivity index (χ1n) is 10.4. The van der Waals surface area contributed by atoms with Crippen molar-refractivity contribution in [3.8, 4) is 11.3 Å². The standard InChI is InChI=1S/C24H25ClN2O2/c25-20-6-4-15(5-7-20)24-19(13-27-9-8-22(28)23(29)14-27)11-18-10-16-2-1-3-17(16)12-21(18)26-24/h4-7,10-12,22-23,28-29H,1-3,8-9,13-14H2/t22-,23-/m1/s1. The SMILES string of the molecule is O[C@@H]1CCN(Cc2cc3cc4c(cc3nc2-c2ccc(Cl)cc2)CCC4)C[C@H]1O. The van der Waals surface area contributed by atoms with Crippen LogP contribution in [0.2, 0.25) is 5.02 Å². The van der Waals surface area contributed by atoms with E-state index in [1.54, 1.807) is 0 Å². The Labute approximate surface area is 175 Å². The van der Waals surface area contributed by atoms with Crippen LogP contribution in [0.1, 0.15) is 29.5 Å². The Hall–Kier alpha value is -1.98. The lowest BCUT2D eigenvalue weighted by Crippen LogP contribution is -2.46. The van der Waals surface area contributed by atoms with Gasteiger partial charge >= 0.3 is 0 Å². The number of likely N-dealkylation sites (tertiary alicyclic amines) is 1. The van der Waals surface area contributed by atoms with E-state index < -0.39 is 12.2 Å². The van der Waals surface area contributed by atoms with Crippen LogP contribution in [0.3, 0.4) is 0 Å². The fourth-order valence-corrected chi connectivity index (χ4v) is 4.76. The first-order chi connectivity index (χ1) is 14.1. The van der Waals surface area contributed by atoms with Crippen molar-refractivity contribution in [2.24, 2.45) is 0 Å². The van der Waals surface area contributed by atoms with E-state index in [1.165, 1.54) is 22.9 Å². The van der Waals surface area contributed by atoms with Gasteiger partial charge < -0.3 is 10.2 Å². The molecule has 2 aromatic carbocycles. The number of nitrogens with zero attached hydrogens (tertiary/aromatic N) is 2. The molecule has 0 bridgehead atoms. The maximum Gasteiger partial charge on any atom is 0.0926 e. The highest BCUT2D eigenvalue weighted by atomic mass is 35.5. The number of halogens is 1. The zero-order valence-corrected chi connectivity index (χ0v) is 17.1. The Morgan fingerprint density at radius 3 is 2.52 bits per heavy atom. The topological polar surface area (TPSA) is 56.6 Å². The summed E-state index contributed by atoms with van der Waals surface area (Å²) in [6, 6.07) is 14.6. The van der Waals surface area contributed by atoms with E-state index >= 15 is 0 Å². The zero-order chi connectivity index (χ0) is 20.0. The summed E-state index contributed by atoms with van der Waals surface area (Å²) in [5.74, 6) is 0. The lowest BCUT2D eigenvalue weighted by molar-refractivity contribution is -0.0403. The fraction of sp³-hybridized carbons (Fsp3) is 0.375. The lowest BCUT2D eigenvalue weighted by Gasteiger charge is -2.33. The van der Waals surface area contributed by atoms with Gasteiger partial charge in [0.15, 0.2) is 0 Å². The summed E-state index contributed by atoms with van der Waals surface area (Å²) in [6.07, 6.45) is 2.77. The highest BCUT2D eigenvalue weighted by Crippen LogP contribution is 2.32. The van der Waals surface area contributed by atoms with E-state index in [2.05, 4.69) is 23.1 Å². The monoisotopic (exact) mass is 408 g/mol. The fourth-order valence-electron chi connectivity index (χ4n) is 4.64. The molecule has 2 N–H and O–H groups in total. The Balaban J connectivity index is 1.58. The van der Waals surface area contributed by atoms with Gasteiger partial charge in [0.05, 0.1) is 23.4 Å². The van der Waals surface area contributed by atoms with Crippen LogP contribution >= 0.6 is 11.6 Å². The number of aliphatic hydroxyl groups excluding tert-OH is 2. The highest BCUT2D eigenvalue weighted by Gasteiger charge is 2.26. The molecule has 5 rings (SSSR count). The van der Waals surface area contributed by atoms with Crippen LogP contribution in [0.4, 0.5) is 0 Å². The summed E-state index contributed by atoms with van der Waals surface area (Å²) >= 11 is 6.10. The summed E-state index contributed by atoms with van der Waals surface area (Å²) < 4.78 is 0. The number of pyridine rings is 1. The molecule has 29 heavy (non-hydrogen) atoms. The van der Waals surface area contributed by atoms with Gasteiger partial charge in [-0.1, -0.05) is 23.7 Å². The molecule has 0 radical (unpaired) electrons. The number of aryl methyl sites for hydroxylation is 2. The average molecular weight is 409 g/mol. The van der Waals surface area contributed by atoms with Crippen LogP contribution in [0.15, 0.2) is 42.5 Å². The lowest BCUT2D eigenvalue weighted by atomic mass is 9.99. The summed E-state index contributed by atoms with van der Waals surface area (Å²) in [4.78, 5) is 7.27. The second-order valence-electron chi connectivity index (χ2n) is 8.33. The van der Waals surface area contributed by atoms with Crippen LogP contribution in [0.5, 0.6) is 0 Å². The Morgan fingerprint density at radius 1 is 1.00 bits per heavy atom. The molecule has 5 heteroatoms. The molecule has 1 aromatic heterocycles. The number of benzene rings is 2. The molecular weight excluding hydrogens is 384 g/mol. The molecule has 1 fully saturated rings. The third-order valence-corrected chi connectivity index (χ3v) is 6.50. The minimum absolute atomic E-state index is 0.476. The summed E-state index contributed by atoms with van der Waals surface area (Å²) in [7, 11) is 0. The Morgan fingerprint density at radius 2 is 1.76 bits per heavy atom. The minimum atomic E-state index is -0.695. The van der Waals surface area contributed by atoms with Crippen LogP contribution in [0, 0.1) is 0 Å². The molecule has 0 amide bonds. The van der Waals surface area contributed by atoms with E-state index in [0.717, 1.165) is 41.7 Å². The number of fused-ring (bicyclic) bond motifs is 2. The maximum atomic E-state index is 10.1. The Kier molecular flexibility index (Phi) is 5.04. The summed E-state index contributed by atoms with van der Waals surface area (Å²) in [6.45, 7) is 1.94. The molecule has 2 heterocycles. The molecule has 0 unspecified atom stereocenters. The smallest absolute Gasteiger partial charge is 0.0926 e. The number of hydrogen-bond acceptors (Lipinski definition) is 4. The first-order valence-corrected chi connectivity index (χ1v) is 10.7.